The number of carbonyl (C=O) groups excluding carboxylic acids is 1. The number of halogens is 1. The summed E-state index contributed by atoms with van der Waals surface area (Å²) < 4.78 is 13.4. The van der Waals surface area contributed by atoms with Crippen LogP contribution in [0.2, 0.25) is 5.02 Å². The molecule has 0 spiro atoms. The van der Waals surface area contributed by atoms with Crippen LogP contribution in [-0.2, 0) is 27.3 Å². The Bertz CT molecular complexity index is 1410. The van der Waals surface area contributed by atoms with Gasteiger partial charge in [-0.3, -0.25) is 9.89 Å². The first-order valence-electron chi connectivity index (χ1n) is 13.2. The highest BCUT2D eigenvalue weighted by Crippen LogP contribution is 2.29. The second kappa shape index (κ2) is 11.6. The van der Waals surface area contributed by atoms with E-state index in [0.29, 0.717) is 29.8 Å². The average Bonchev–Trinajstić information content (AvgIpc) is 3.48. The largest absolute Gasteiger partial charge is 0.461 e. The minimum atomic E-state index is -0.240. The fraction of sp³-hybridized carbons (Fsp3) is 0.414. The zero-order chi connectivity index (χ0) is 26.6. The van der Waals surface area contributed by atoms with Crippen LogP contribution in [0.4, 0.5) is 5.69 Å². The molecule has 0 amide bonds. The van der Waals surface area contributed by atoms with Crippen molar-refractivity contribution in [3.8, 4) is 11.4 Å². The summed E-state index contributed by atoms with van der Waals surface area (Å²) in [6.07, 6.45) is 4.34. The van der Waals surface area contributed by atoms with Gasteiger partial charge in [-0.2, -0.15) is 4.63 Å². The number of carbonyl (C=O) groups is 1. The summed E-state index contributed by atoms with van der Waals surface area (Å²) >= 11 is 6.41. The van der Waals surface area contributed by atoms with Gasteiger partial charge in [0.2, 0.25) is 0 Å². The molecule has 2 aromatic carbocycles. The molecule has 1 fully saturated rings. The number of nitrogens with zero attached hydrogens (tertiary/aromatic N) is 3. The van der Waals surface area contributed by atoms with Crippen LogP contribution in [0.5, 0.6) is 0 Å². The van der Waals surface area contributed by atoms with Crippen molar-refractivity contribution in [1.29, 1.82) is 0 Å². The molecule has 4 aromatic rings. The van der Waals surface area contributed by atoms with Crippen molar-refractivity contribution in [2.75, 3.05) is 12.0 Å². The van der Waals surface area contributed by atoms with E-state index in [0.717, 1.165) is 60.2 Å². The third kappa shape index (κ3) is 5.71. The summed E-state index contributed by atoms with van der Waals surface area (Å²) in [5, 5.41) is 11.7. The molecule has 38 heavy (non-hydrogen) atoms. The molecule has 2 aromatic heterocycles. The number of benzene rings is 2. The van der Waals surface area contributed by atoms with Crippen LogP contribution in [0.15, 0.2) is 42.5 Å². The Labute approximate surface area is 227 Å². The number of rotatable bonds is 9. The standard InChI is InChI=1S/C29H34ClN5O3/c1-4-23-26(30)28-32-27(34-35(28)33-23)21-13-14-24(19(3)15-21)31-17-38-25-8-6-5-7-22(25)29(36)37-16-20-11-9-18(2)10-12-20/h9-15,22,25,31,33H,4-8,16-17H2,1-3H3/t22-,25?/m1/s1. The lowest BCUT2D eigenvalue weighted by Gasteiger charge is -2.30. The van der Waals surface area contributed by atoms with E-state index in [4.69, 9.17) is 21.1 Å². The highest BCUT2D eigenvalue weighted by Gasteiger charge is 2.33. The Hall–Kier alpha value is -3.36. The number of aryl methyl sites for hydroxylation is 3. The maximum Gasteiger partial charge on any atom is 0.311 e. The Morgan fingerprint density at radius 3 is 2.68 bits per heavy atom. The average molecular weight is 536 g/mol. The van der Waals surface area contributed by atoms with E-state index in [-0.39, 0.29) is 18.0 Å². The van der Waals surface area contributed by atoms with E-state index in [2.05, 4.69) is 20.5 Å². The van der Waals surface area contributed by atoms with Gasteiger partial charge in [0.25, 0.3) is 0 Å². The highest BCUT2D eigenvalue weighted by molar-refractivity contribution is 6.34. The maximum atomic E-state index is 12.9. The molecule has 2 N–H and O–H groups in total. The summed E-state index contributed by atoms with van der Waals surface area (Å²) in [6, 6.07) is 14.1. The van der Waals surface area contributed by atoms with Gasteiger partial charge >= 0.3 is 5.97 Å². The van der Waals surface area contributed by atoms with E-state index < -0.39 is 0 Å². The van der Waals surface area contributed by atoms with Crippen molar-refractivity contribution in [2.45, 2.75) is 65.6 Å². The molecule has 8 nitrogen and oxygen atoms in total. The maximum absolute atomic E-state index is 12.9. The van der Waals surface area contributed by atoms with E-state index in [1.165, 1.54) is 5.56 Å². The number of aromatic nitrogens is 4. The van der Waals surface area contributed by atoms with Gasteiger partial charge < -0.3 is 14.8 Å². The van der Waals surface area contributed by atoms with Gasteiger partial charge in [-0.05, 0) is 62.4 Å². The Balaban J connectivity index is 1.17. The number of fused-ring (bicyclic) bond motifs is 1. The molecule has 2 atom stereocenters. The molecule has 200 valence electrons. The summed E-state index contributed by atoms with van der Waals surface area (Å²) in [6.45, 7) is 6.71. The fourth-order valence-corrected chi connectivity index (χ4v) is 5.24. The first kappa shape index (κ1) is 26.3. The minimum absolute atomic E-state index is 0.156. The summed E-state index contributed by atoms with van der Waals surface area (Å²) in [5.41, 5.74) is 6.64. The second-order valence-electron chi connectivity index (χ2n) is 9.97. The summed E-state index contributed by atoms with van der Waals surface area (Å²) in [7, 11) is 0. The number of esters is 1. The van der Waals surface area contributed by atoms with Crippen molar-refractivity contribution in [1.82, 2.24) is 19.8 Å². The van der Waals surface area contributed by atoms with Crippen LogP contribution in [0.1, 0.15) is 55.0 Å². The molecule has 0 saturated heterocycles. The Morgan fingerprint density at radius 1 is 1.16 bits per heavy atom. The van der Waals surface area contributed by atoms with E-state index in [1.54, 1.807) is 4.63 Å². The molecule has 1 unspecified atom stereocenters. The van der Waals surface area contributed by atoms with Gasteiger partial charge in [0.15, 0.2) is 11.5 Å². The number of nitrogens with one attached hydrogen (secondary N) is 2. The quantitative estimate of drug-likeness (QED) is 0.194. The van der Waals surface area contributed by atoms with Crippen LogP contribution in [0.25, 0.3) is 17.0 Å². The number of H-pyrrole nitrogens is 1. The lowest BCUT2D eigenvalue weighted by molar-refractivity contribution is -0.157. The molecule has 5 rings (SSSR count). The third-order valence-electron chi connectivity index (χ3n) is 7.21. The normalized spacial score (nSPS) is 17.6. The molecule has 0 radical (unpaired) electrons. The van der Waals surface area contributed by atoms with Gasteiger partial charge in [0, 0.05) is 11.3 Å². The van der Waals surface area contributed by atoms with Crippen molar-refractivity contribution in [3.63, 3.8) is 0 Å². The Kier molecular flexibility index (Phi) is 8.00. The molecule has 2 heterocycles. The lowest BCUT2D eigenvalue weighted by atomic mass is 9.86. The van der Waals surface area contributed by atoms with E-state index in [9.17, 15) is 4.79 Å². The van der Waals surface area contributed by atoms with Gasteiger partial charge in [-0.1, -0.05) is 61.2 Å². The fourth-order valence-electron chi connectivity index (χ4n) is 4.94. The van der Waals surface area contributed by atoms with E-state index >= 15 is 0 Å². The smallest absolute Gasteiger partial charge is 0.311 e. The predicted molar refractivity (Wildman–Crippen MR) is 148 cm³/mol. The highest BCUT2D eigenvalue weighted by atomic mass is 35.5. The number of hydrogen-bond acceptors (Lipinski definition) is 6. The Morgan fingerprint density at radius 2 is 1.95 bits per heavy atom. The predicted octanol–water partition coefficient (Wildman–Crippen LogP) is 6.25. The molecule has 9 heteroatoms. The van der Waals surface area contributed by atoms with Crippen LogP contribution in [0.3, 0.4) is 0 Å². The molecular weight excluding hydrogens is 502 g/mol. The number of anilines is 1. The SMILES string of the molecule is CCc1[nH]n2nc(-c3ccc(NCOC4CCCC[C@H]4C(=O)OCc4ccc(C)cc4)c(C)c3)nc2c1Cl. The minimum Gasteiger partial charge on any atom is -0.461 e. The molecule has 0 bridgehead atoms. The van der Waals surface area contributed by atoms with Crippen molar-refractivity contribution >= 4 is 28.9 Å². The first-order valence-corrected chi connectivity index (χ1v) is 13.6. The lowest BCUT2D eigenvalue weighted by Crippen LogP contribution is -2.36. The molecule has 1 aliphatic rings. The van der Waals surface area contributed by atoms with E-state index in [1.807, 2.05) is 63.2 Å². The van der Waals surface area contributed by atoms with Crippen molar-refractivity contribution < 1.29 is 14.3 Å². The molecule has 1 saturated carbocycles. The monoisotopic (exact) mass is 535 g/mol. The number of ether oxygens (including phenoxy) is 2. The topological polar surface area (TPSA) is 93.5 Å². The molecule has 0 aliphatic heterocycles. The van der Waals surface area contributed by atoms with Crippen molar-refractivity contribution in [3.05, 3.63) is 69.9 Å². The number of hydrogen-bond donors (Lipinski definition) is 2. The molecule has 1 aliphatic carbocycles. The van der Waals surface area contributed by atoms with Crippen LogP contribution in [-0.4, -0.2) is 38.6 Å². The van der Waals surface area contributed by atoms with Crippen molar-refractivity contribution in [2.24, 2.45) is 5.92 Å². The second-order valence-corrected chi connectivity index (χ2v) is 10.3. The van der Waals surface area contributed by atoms with Crippen LogP contribution < -0.4 is 5.32 Å². The van der Waals surface area contributed by atoms with Crippen LogP contribution >= 0.6 is 11.6 Å². The van der Waals surface area contributed by atoms with Gasteiger partial charge in [-0.15, -0.1) is 5.10 Å². The number of aromatic amines is 1. The van der Waals surface area contributed by atoms with Gasteiger partial charge in [-0.25, -0.2) is 4.98 Å². The van der Waals surface area contributed by atoms with Gasteiger partial charge in [0.05, 0.1) is 17.7 Å². The van der Waals surface area contributed by atoms with Gasteiger partial charge in [0.1, 0.15) is 18.4 Å². The summed E-state index contributed by atoms with van der Waals surface area (Å²) in [4.78, 5) is 17.5. The summed E-state index contributed by atoms with van der Waals surface area (Å²) in [5.74, 6) is 0.197. The first-order chi connectivity index (χ1) is 18.4. The zero-order valence-corrected chi connectivity index (χ0v) is 22.8. The molecular formula is C29H34ClN5O3. The van der Waals surface area contributed by atoms with Crippen LogP contribution in [0, 0.1) is 19.8 Å². The third-order valence-corrected chi connectivity index (χ3v) is 7.61. The zero-order valence-electron chi connectivity index (χ0n) is 22.1.